The Morgan fingerprint density at radius 3 is 2.61 bits per heavy atom. The number of halogens is 1. The molecule has 0 radical (unpaired) electrons. The van der Waals surface area contributed by atoms with E-state index in [1.165, 1.54) is 18.3 Å². The van der Waals surface area contributed by atoms with Crippen molar-refractivity contribution in [1.82, 2.24) is 9.99 Å². The van der Waals surface area contributed by atoms with Crippen LogP contribution in [0, 0.1) is 35.4 Å². The van der Waals surface area contributed by atoms with Crippen LogP contribution in [0.2, 0.25) is 0 Å². The average Bonchev–Trinajstić information content (AvgIpc) is 3.10. The quantitative estimate of drug-likeness (QED) is 0.365. The van der Waals surface area contributed by atoms with Gasteiger partial charge in [0.05, 0.1) is 35.0 Å². The van der Waals surface area contributed by atoms with Crippen LogP contribution in [-0.4, -0.2) is 16.7 Å². The number of hydrazone groups is 1. The second-order valence-electron chi connectivity index (χ2n) is 7.38. The van der Waals surface area contributed by atoms with Gasteiger partial charge in [0.1, 0.15) is 5.82 Å². The zero-order chi connectivity index (χ0) is 23.4. The SMILES string of the molecule is Cc1c(/C=N\NC(=O)c2ccc(C#N)cc2F)c2ccccc2n1Cc1ccccc1C#N. The Hall–Kier alpha value is -4.75. The maximum absolute atomic E-state index is 14.1. The highest BCUT2D eigenvalue weighted by Crippen LogP contribution is 2.26. The lowest BCUT2D eigenvalue weighted by Crippen LogP contribution is -2.19. The number of carbonyl (C=O) groups is 1. The molecule has 0 bridgehead atoms. The molecule has 0 saturated heterocycles. The fourth-order valence-corrected chi connectivity index (χ4v) is 3.75. The van der Waals surface area contributed by atoms with Crippen molar-refractivity contribution < 1.29 is 9.18 Å². The van der Waals surface area contributed by atoms with Gasteiger partial charge in [-0.05, 0) is 42.8 Å². The molecule has 160 valence electrons. The van der Waals surface area contributed by atoms with E-state index in [9.17, 15) is 14.4 Å². The van der Waals surface area contributed by atoms with Crippen molar-refractivity contribution >= 4 is 23.0 Å². The number of para-hydroxylation sites is 1. The van der Waals surface area contributed by atoms with Crippen LogP contribution >= 0.6 is 0 Å². The van der Waals surface area contributed by atoms with E-state index in [-0.39, 0.29) is 11.1 Å². The van der Waals surface area contributed by atoms with Crippen LogP contribution in [0.15, 0.2) is 71.8 Å². The first-order valence-corrected chi connectivity index (χ1v) is 10.1. The largest absolute Gasteiger partial charge is 0.340 e. The summed E-state index contributed by atoms with van der Waals surface area (Å²) in [5.41, 5.74) is 6.48. The Labute approximate surface area is 189 Å². The van der Waals surface area contributed by atoms with Crippen LogP contribution in [-0.2, 0) is 6.54 Å². The van der Waals surface area contributed by atoms with E-state index in [1.807, 2.05) is 55.5 Å². The number of fused-ring (bicyclic) bond motifs is 1. The molecule has 7 heteroatoms. The van der Waals surface area contributed by atoms with Gasteiger partial charge in [0.25, 0.3) is 5.91 Å². The molecule has 0 aliphatic rings. The van der Waals surface area contributed by atoms with Gasteiger partial charge in [-0.2, -0.15) is 15.6 Å². The molecule has 1 N–H and O–H groups in total. The maximum Gasteiger partial charge on any atom is 0.274 e. The van der Waals surface area contributed by atoms with E-state index in [0.29, 0.717) is 12.1 Å². The summed E-state index contributed by atoms with van der Waals surface area (Å²) in [5, 5.41) is 23.3. The molecule has 0 saturated carbocycles. The van der Waals surface area contributed by atoms with E-state index in [4.69, 9.17) is 5.26 Å². The number of hydrogen-bond acceptors (Lipinski definition) is 4. The maximum atomic E-state index is 14.1. The van der Waals surface area contributed by atoms with Crippen molar-refractivity contribution in [2.24, 2.45) is 5.10 Å². The van der Waals surface area contributed by atoms with Gasteiger partial charge < -0.3 is 4.57 Å². The van der Waals surface area contributed by atoms with Crippen molar-refractivity contribution in [3.05, 3.63) is 106 Å². The zero-order valence-corrected chi connectivity index (χ0v) is 17.7. The highest BCUT2D eigenvalue weighted by Gasteiger charge is 2.15. The van der Waals surface area contributed by atoms with Gasteiger partial charge in [-0.15, -0.1) is 0 Å². The Balaban J connectivity index is 1.64. The first-order chi connectivity index (χ1) is 16.0. The summed E-state index contributed by atoms with van der Waals surface area (Å²) in [5.74, 6) is -1.50. The van der Waals surface area contributed by atoms with Crippen LogP contribution in [0.5, 0.6) is 0 Å². The topological polar surface area (TPSA) is 94.0 Å². The first-order valence-electron chi connectivity index (χ1n) is 10.1. The fraction of sp³-hybridized carbons (Fsp3) is 0.0769. The molecule has 0 atom stereocenters. The summed E-state index contributed by atoms with van der Waals surface area (Å²) in [4.78, 5) is 12.3. The molecule has 1 amide bonds. The van der Waals surface area contributed by atoms with Gasteiger partial charge in [0, 0.05) is 28.7 Å². The zero-order valence-electron chi connectivity index (χ0n) is 17.7. The third-order valence-electron chi connectivity index (χ3n) is 5.45. The highest BCUT2D eigenvalue weighted by molar-refractivity contribution is 6.02. The van der Waals surface area contributed by atoms with E-state index >= 15 is 0 Å². The van der Waals surface area contributed by atoms with Gasteiger partial charge in [-0.1, -0.05) is 36.4 Å². The predicted octanol–water partition coefficient (Wildman–Crippen LogP) is 4.64. The number of aromatic nitrogens is 1. The number of nitrogens with zero attached hydrogens (tertiary/aromatic N) is 4. The smallest absolute Gasteiger partial charge is 0.274 e. The Morgan fingerprint density at radius 1 is 1.09 bits per heavy atom. The lowest BCUT2D eigenvalue weighted by molar-refractivity contribution is 0.0951. The normalized spacial score (nSPS) is 10.8. The van der Waals surface area contributed by atoms with Gasteiger partial charge in [-0.3, -0.25) is 4.79 Å². The van der Waals surface area contributed by atoms with Crippen LogP contribution in [0.4, 0.5) is 4.39 Å². The summed E-state index contributed by atoms with van der Waals surface area (Å²) in [6, 6.07) is 22.9. The molecule has 0 unspecified atom stereocenters. The lowest BCUT2D eigenvalue weighted by Gasteiger charge is -2.10. The van der Waals surface area contributed by atoms with Crippen molar-refractivity contribution in [2.75, 3.05) is 0 Å². The summed E-state index contributed by atoms with van der Waals surface area (Å²) in [6.07, 6.45) is 1.53. The van der Waals surface area contributed by atoms with E-state index in [2.05, 4.69) is 21.2 Å². The number of benzene rings is 3. The number of carbonyl (C=O) groups excluding carboxylic acids is 1. The Kier molecular flexibility index (Phi) is 5.97. The minimum absolute atomic E-state index is 0.133. The number of amides is 1. The number of nitriles is 2. The molecule has 4 rings (SSSR count). The Bertz CT molecular complexity index is 1490. The van der Waals surface area contributed by atoms with E-state index < -0.39 is 11.7 Å². The van der Waals surface area contributed by atoms with Crippen molar-refractivity contribution in [3.63, 3.8) is 0 Å². The molecular formula is C26H18FN5O. The lowest BCUT2D eigenvalue weighted by atomic mass is 10.1. The van der Waals surface area contributed by atoms with Gasteiger partial charge >= 0.3 is 0 Å². The summed E-state index contributed by atoms with van der Waals surface area (Å²) >= 11 is 0. The highest BCUT2D eigenvalue weighted by atomic mass is 19.1. The number of hydrogen-bond donors (Lipinski definition) is 1. The molecule has 3 aromatic carbocycles. The van der Waals surface area contributed by atoms with Crippen molar-refractivity contribution in [1.29, 1.82) is 10.5 Å². The summed E-state index contributed by atoms with van der Waals surface area (Å²) < 4.78 is 16.2. The number of rotatable bonds is 5. The van der Waals surface area contributed by atoms with E-state index in [1.54, 1.807) is 6.07 Å². The third kappa shape index (κ3) is 4.21. The van der Waals surface area contributed by atoms with Gasteiger partial charge in [0.2, 0.25) is 0 Å². The van der Waals surface area contributed by atoms with Crippen LogP contribution in [0.1, 0.15) is 38.3 Å². The fourth-order valence-electron chi connectivity index (χ4n) is 3.75. The predicted molar refractivity (Wildman–Crippen MR) is 123 cm³/mol. The van der Waals surface area contributed by atoms with Gasteiger partial charge in [0.15, 0.2) is 0 Å². The molecule has 0 spiro atoms. The molecule has 4 aromatic rings. The number of nitrogens with one attached hydrogen (secondary N) is 1. The molecule has 0 aliphatic heterocycles. The van der Waals surface area contributed by atoms with Crippen molar-refractivity contribution in [3.8, 4) is 12.1 Å². The van der Waals surface area contributed by atoms with Crippen LogP contribution in [0.25, 0.3) is 10.9 Å². The molecule has 33 heavy (non-hydrogen) atoms. The minimum atomic E-state index is -0.786. The molecular weight excluding hydrogens is 417 g/mol. The monoisotopic (exact) mass is 435 g/mol. The molecule has 1 aromatic heterocycles. The molecule has 0 aliphatic carbocycles. The van der Waals surface area contributed by atoms with E-state index in [0.717, 1.165) is 33.8 Å². The minimum Gasteiger partial charge on any atom is -0.340 e. The summed E-state index contributed by atoms with van der Waals surface area (Å²) in [7, 11) is 0. The molecule has 1 heterocycles. The van der Waals surface area contributed by atoms with Crippen LogP contribution in [0.3, 0.4) is 0 Å². The molecule has 6 nitrogen and oxygen atoms in total. The summed E-state index contributed by atoms with van der Waals surface area (Å²) in [6.45, 7) is 2.45. The second-order valence-corrected chi connectivity index (χ2v) is 7.38. The Morgan fingerprint density at radius 2 is 1.85 bits per heavy atom. The van der Waals surface area contributed by atoms with Gasteiger partial charge in [-0.25, -0.2) is 9.82 Å². The first kappa shape index (κ1) is 21.5. The second kappa shape index (κ2) is 9.17. The average molecular weight is 435 g/mol. The molecule has 0 fully saturated rings. The third-order valence-corrected chi connectivity index (χ3v) is 5.45. The van der Waals surface area contributed by atoms with Crippen LogP contribution < -0.4 is 5.43 Å². The van der Waals surface area contributed by atoms with Crippen molar-refractivity contribution in [2.45, 2.75) is 13.5 Å². The standard InChI is InChI=1S/C26H18FN5O/c1-17-23(15-30-31-26(33)22-11-10-18(13-28)12-24(22)27)21-8-4-5-9-25(21)32(17)16-20-7-3-2-6-19(20)14-29/h2-12,15H,16H2,1H3,(H,31,33)/b30-15-.